The van der Waals surface area contributed by atoms with Crippen LogP contribution in [-0.2, 0) is 12.8 Å². The predicted octanol–water partition coefficient (Wildman–Crippen LogP) is 8.22. The van der Waals surface area contributed by atoms with E-state index >= 15 is 0 Å². The van der Waals surface area contributed by atoms with E-state index in [4.69, 9.17) is 23.7 Å². The van der Waals surface area contributed by atoms with E-state index in [1.807, 2.05) is 0 Å². The maximum atomic E-state index is 7.66. The Morgan fingerprint density at radius 2 is 0.855 bits per heavy atom. The molecule has 3 aliphatic rings. The first-order chi connectivity index (χ1) is 27.0. The SMILES string of the molecule is COc1ccc(P(c2ccc(C)cc2)c2cccc3c2O[C@@]24Oc5c(cccc5P(c5ccc(OC)cc5)c5ccc(OC)cc5)C[C@@H]2CCC[C@H]4C3)cc1. The van der Waals surface area contributed by atoms with Gasteiger partial charge in [0, 0.05) is 22.4 Å². The molecule has 55 heavy (non-hydrogen) atoms. The average molecular weight is 765 g/mol. The number of fused-ring (bicyclic) bond motifs is 2. The van der Waals surface area contributed by atoms with Gasteiger partial charge in [-0.1, -0.05) is 109 Å². The summed E-state index contributed by atoms with van der Waals surface area (Å²) in [6.07, 6.45) is 5.20. The average Bonchev–Trinajstić information content (AvgIpc) is 3.23. The Kier molecular flexibility index (Phi) is 9.79. The standard InChI is InChI=1S/C48H46O5P2/c1-32-14-22-40(23-15-32)54(41-24-16-37(49-2)17-25-41)44-12-5-8-33-30-35-10-7-11-36-31-34-9-6-13-45(47(34)53-48(35,36)52-46(33)44)55(42-26-18-38(50-3)19-27-42)43-28-20-39(51-4)21-29-43/h5-6,8-9,12-29,35-36H,7,10-11,30-31H2,1-4H3/t35-,36-,48-,54?/m0/s1. The van der Waals surface area contributed by atoms with Crippen LogP contribution in [0.5, 0.6) is 28.7 Å². The summed E-state index contributed by atoms with van der Waals surface area (Å²) in [7, 11) is 3.24. The van der Waals surface area contributed by atoms with Crippen molar-refractivity contribution in [3.8, 4) is 28.7 Å². The second kappa shape index (κ2) is 15.0. The zero-order chi connectivity index (χ0) is 37.5. The molecule has 7 heteroatoms. The van der Waals surface area contributed by atoms with E-state index in [0.29, 0.717) is 0 Å². The van der Waals surface area contributed by atoms with Gasteiger partial charge in [0.15, 0.2) is 0 Å². The van der Waals surface area contributed by atoms with Crippen LogP contribution in [0.25, 0.3) is 0 Å². The lowest BCUT2D eigenvalue weighted by molar-refractivity contribution is -0.225. The third-order valence-electron chi connectivity index (χ3n) is 11.6. The monoisotopic (exact) mass is 764 g/mol. The van der Waals surface area contributed by atoms with Gasteiger partial charge in [-0.15, -0.1) is 0 Å². The van der Waals surface area contributed by atoms with Crippen molar-refractivity contribution in [2.45, 2.75) is 44.8 Å². The highest BCUT2D eigenvalue weighted by Gasteiger charge is 2.57. The summed E-state index contributed by atoms with van der Waals surface area (Å²) in [5.74, 6) is 4.26. The van der Waals surface area contributed by atoms with Gasteiger partial charge in [-0.25, -0.2) is 0 Å². The van der Waals surface area contributed by atoms with Crippen LogP contribution in [0.3, 0.4) is 0 Å². The van der Waals surface area contributed by atoms with Crippen LogP contribution < -0.4 is 55.5 Å². The molecular weight excluding hydrogens is 718 g/mol. The molecule has 5 nitrogen and oxygen atoms in total. The first kappa shape index (κ1) is 35.9. The van der Waals surface area contributed by atoms with E-state index in [9.17, 15) is 0 Å². The minimum absolute atomic E-state index is 0.245. The van der Waals surface area contributed by atoms with Crippen molar-refractivity contribution in [2.24, 2.45) is 11.8 Å². The molecule has 0 saturated heterocycles. The highest BCUT2D eigenvalue weighted by Crippen LogP contribution is 2.55. The molecule has 2 aliphatic heterocycles. The van der Waals surface area contributed by atoms with Crippen molar-refractivity contribution >= 4 is 47.7 Å². The van der Waals surface area contributed by atoms with E-state index in [0.717, 1.165) is 54.4 Å². The Labute approximate surface area is 327 Å². The third kappa shape index (κ3) is 6.56. The van der Waals surface area contributed by atoms with Crippen LogP contribution in [0.1, 0.15) is 36.0 Å². The Hall–Kier alpha value is -4.82. The zero-order valence-electron chi connectivity index (χ0n) is 31.8. The molecule has 1 aliphatic carbocycles. The Balaban J connectivity index is 1.17. The van der Waals surface area contributed by atoms with Crippen molar-refractivity contribution in [3.63, 3.8) is 0 Å². The number of hydrogen-bond donors (Lipinski definition) is 0. The minimum atomic E-state index is -0.983. The maximum Gasteiger partial charge on any atom is 0.257 e. The number of hydrogen-bond acceptors (Lipinski definition) is 5. The normalized spacial score (nSPS) is 20.1. The topological polar surface area (TPSA) is 46.2 Å². The fourth-order valence-electron chi connectivity index (χ4n) is 8.83. The van der Waals surface area contributed by atoms with Crippen molar-refractivity contribution in [1.82, 2.24) is 0 Å². The molecule has 0 radical (unpaired) electrons. The zero-order valence-corrected chi connectivity index (χ0v) is 33.6. The lowest BCUT2D eigenvalue weighted by Crippen LogP contribution is -2.62. The van der Waals surface area contributed by atoms with Gasteiger partial charge in [0.05, 0.1) is 21.3 Å². The second-order valence-electron chi connectivity index (χ2n) is 14.8. The molecule has 0 N–H and O–H groups in total. The molecule has 1 spiro atoms. The Morgan fingerprint density at radius 1 is 0.491 bits per heavy atom. The molecule has 1 saturated carbocycles. The van der Waals surface area contributed by atoms with Gasteiger partial charge in [0.1, 0.15) is 28.7 Å². The second-order valence-corrected chi connectivity index (χ2v) is 19.2. The summed E-state index contributed by atoms with van der Waals surface area (Å²) in [5, 5.41) is 7.47. The minimum Gasteiger partial charge on any atom is -0.497 e. The molecule has 0 bridgehead atoms. The Bertz CT molecular complexity index is 2240. The quantitative estimate of drug-likeness (QED) is 0.139. The van der Waals surface area contributed by atoms with Gasteiger partial charge >= 0.3 is 0 Å². The van der Waals surface area contributed by atoms with Crippen LogP contribution >= 0.6 is 15.8 Å². The van der Waals surface area contributed by atoms with E-state index < -0.39 is 21.6 Å². The van der Waals surface area contributed by atoms with Gasteiger partial charge < -0.3 is 23.7 Å². The summed E-state index contributed by atoms with van der Waals surface area (Å²) in [6.45, 7) is 2.15. The molecule has 2 heterocycles. The predicted molar refractivity (Wildman–Crippen MR) is 227 cm³/mol. The maximum absolute atomic E-state index is 7.66. The largest absolute Gasteiger partial charge is 0.497 e. The van der Waals surface area contributed by atoms with E-state index in [-0.39, 0.29) is 11.8 Å². The summed E-state index contributed by atoms with van der Waals surface area (Å²) >= 11 is 0. The fraction of sp³-hybridized carbons (Fsp3) is 0.250. The number of rotatable bonds is 9. The number of ether oxygens (including phenoxy) is 5. The van der Waals surface area contributed by atoms with Crippen molar-refractivity contribution < 1.29 is 23.7 Å². The molecule has 1 unspecified atom stereocenters. The molecule has 4 atom stereocenters. The first-order valence-corrected chi connectivity index (χ1v) is 21.9. The molecule has 9 rings (SSSR count). The van der Waals surface area contributed by atoms with E-state index in [1.165, 1.54) is 54.9 Å². The molecule has 6 aromatic carbocycles. The fourth-order valence-corrected chi connectivity index (χ4v) is 13.6. The highest BCUT2D eigenvalue weighted by atomic mass is 31.1. The van der Waals surface area contributed by atoms with Gasteiger partial charge in [0.25, 0.3) is 5.79 Å². The number of methoxy groups -OCH3 is 3. The van der Waals surface area contributed by atoms with Crippen LogP contribution in [0.2, 0.25) is 0 Å². The highest BCUT2D eigenvalue weighted by molar-refractivity contribution is 7.80. The summed E-state index contributed by atoms with van der Waals surface area (Å²) < 4.78 is 32.0. The van der Waals surface area contributed by atoms with E-state index in [1.54, 1.807) is 21.3 Å². The van der Waals surface area contributed by atoms with Crippen LogP contribution in [0.15, 0.2) is 133 Å². The van der Waals surface area contributed by atoms with Crippen LogP contribution in [0, 0.1) is 18.8 Å². The first-order valence-electron chi connectivity index (χ1n) is 19.2. The molecule has 6 aromatic rings. The molecule has 0 amide bonds. The number of aryl methyl sites for hydroxylation is 1. The van der Waals surface area contributed by atoms with Crippen molar-refractivity contribution in [2.75, 3.05) is 21.3 Å². The van der Waals surface area contributed by atoms with Gasteiger partial charge in [0.2, 0.25) is 0 Å². The number of benzene rings is 6. The molecule has 0 aromatic heterocycles. The van der Waals surface area contributed by atoms with Crippen LogP contribution in [0.4, 0.5) is 0 Å². The summed E-state index contributed by atoms with van der Waals surface area (Å²) in [5.41, 5.74) is 3.80. The van der Waals surface area contributed by atoms with Crippen molar-refractivity contribution in [1.29, 1.82) is 0 Å². The Morgan fingerprint density at radius 3 is 1.22 bits per heavy atom. The van der Waals surface area contributed by atoms with E-state index in [2.05, 4.69) is 140 Å². The summed E-state index contributed by atoms with van der Waals surface area (Å²) in [6, 6.07) is 48.3. The smallest absolute Gasteiger partial charge is 0.257 e. The third-order valence-corrected chi connectivity index (χ3v) is 16.5. The molecule has 1 fully saturated rings. The number of para-hydroxylation sites is 2. The lowest BCUT2D eigenvalue weighted by Gasteiger charge is -2.54. The van der Waals surface area contributed by atoms with Gasteiger partial charge in [-0.05, 0) is 117 Å². The van der Waals surface area contributed by atoms with Crippen molar-refractivity contribution in [3.05, 3.63) is 150 Å². The van der Waals surface area contributed by atoms with Gasteiger partial charge in [-0.2, -0.15) is 0 Å². The lowest BCUT2D eigenvalue weighted by atomic mass is 9.68. The summed E-state index contributed by atoms with van der Waals surface area (Å²) in [4.78, 5) is 0. The van der Waals surface area contributed by atoms with Gasteiger partial charge in [-0.3, -0.25) is 0 Å². The molecular formula is C48H46O5P2. The van der Waals surface area contributed by atoms with Crippen LogP contribution in [-0.4, -0.2) is 27.1 Å². The molecule has 278 valence electrons.